The van der Waals surface area contributed by atoms with Crippen LogP contribution in [0, 0.1) is 29.1 Å². The summed E-state index contributed by atoms with van der Waals surface area (Å²) in [5.74, 6) is -12.0. The minimum atomic E-state index is -2.26. The van der Waals surface area contributed by atoms with E-state index in [1.54, 1.807) is 0 Å². The Bertz CT molecular complexity index is 412. The van der Waals surface area contributed by atoms with E-state index in [9.17, 15) is 27.1 Å². The van der Waals surface area contributed by atoms with Crippen molar-refractivity contribution in [2.75, 3.05) is 20.2 Å². The summed E-state index contributed by atoms with van der Waals surface area (Å²) in [7, 11) is 1.50. The van der Waals surface area contributed by atoms with Gasteiger partial charge in [0.15, 0.2) is 5.75 Å². The van der Waals surface area contributed by atoms with Crippen molar-refractivity contribution in [1.29, 1.82) is 0 Å². The third-order valence-electron chi connectivity index (χ3n) is 2.03. The van der Waals surface area contributed by atoms with Crippen LogP contribution in [0.5, 0.6) is 5.75 Å². The van der Waals surface area contributed by atoms with Crippen molar-refractivity contribution in [3.05, 3.63) is 29.1 Å². The summed E-state index contributed by atoms with van der Waals surface area (Å²) in [4.78, 5) is 0. The van der Waals surface area contributed by atoms with Crippen LogP contribution >= 0.6 is 0 Å². The maximum Gasteiger partial charge on any atom is 0.206 e. The highest BCUT2D eigenvalue weighted by Crippen LogP contribution is 2.29. The predicted molar refractivity (Wildman–Crippen MR) is 51.7 cm³/mol. The smallest absolute Gasteiger partial charge is 0.206 e. The summed E-state index contributed by atoms with van der Waals surface area (Å²) in [6.45, 7) is -0.575. The second-order valence-electron chi connectivity index (χ2n) is 3.42. The van der Waals surface area contributed by atoms with Crippen LogP contribution in [0.25, 0.3) is 0 Å². The van der Waals surface area contributed by atoms with E-state index in [0.29, 0.717) is 0 Å². The zero-order chi connectivity index (χ0) is 13.9. The first-order chi connectivity index (χ1) is 8.40. The molecule has 0 bridgehead atoms. The Kier molecular flexibility index (Phi) is 4.85. The van der Waals surface area contributed by atoms with E-state index in [-0.39, 0.29) is 6.54 Å². The molecule has 0 saturated carbocycles. The Balaban J connectivity index is 2.96. The number of likely N-dealkylation sites (N-methyl/N-ethyl adjacent to an activating group) is 1. The zero-order valence-electron chi connectivity index (χ0n) is 9.24. The number of benzene rings is 1. The van der Waals surface area contributed by atoms with Crippen LogP contribution in [0.1, 0.15) is 0 Å². The lowest BCUT2D eigenvalue weighted by molar-refractivity contribution is 0.101. The quantitative estimate of drug-likeness (QED) is 0.482. The Hall–Kier alpha value is -1.41. The Morgan fingerprint density at radius 3 is 1.89 bits per heavy atom. The lowest BCUT2D eigenvalue weighted by Crippen LogP contribution is -2.29. The van der Waals surface area contributed by atoms with Gasteiger partial charge in [-0.3, -0.25) is 0 Å². The normalized spacial score (nSPS) is 12.6. The third-order valence-corrected chi connectivity index (χ3v) is 2.03. The van der Waals surface area contributed by atoms with Gasteiger partial charge in [-0.1, -0.05) is 0 Å². The molecule has 1 atom stereocenters. The van der Waals surface area contributed by atoms with Crippen LogP contribution in [0.4, 0.5) is 22.0 Å². The molecule has 0 radical (unpaired) electrons. The van der Waals surface area contributed by atoms with Crippen LogP contribution < -0.4 is 10.1 Å². The van der Waals surface area contributed by atoms with Gasteiger partial charge in [-0.2, -0.15) is 8.78 Å². The fourth-order valence-electron chi connectivity index (χ4n) is 1.19. The number of aliphatic hydroxyl groups excluding tert-OH is 1. The molecule has 1 aromatic rings. The molecule has 0 aliphatic rings. The first-order valence-corrected chi connectivity index (χ1v) is 4.87. The minimum absolute atomic E-state index is 0.0371. The summed E-state index contributed by atoms with van der Waals surface area (Å²) in [5, 5.41) is 11.7. The molecular formula is C10H10F5NO2. The number of ether oxygens (including phenoxy) is 1. The van der Waals surface area contributed by atoms with E-state index >= 15 is 0 Å². The van der Waals surface area contributed by atoms with Gasteiger partial charge in [-0.05, 0) is 7.05 Å². The van der Waals surface area contributed by atoms with Crippen molar-refractivity contribution >= 4 is 0 Å². The van der Waals surface area contributed by atoms with Gasteiger partial charge in [-0.25, -0.2) is 13.2 Å². The van der Waals surface area contributed by atoms with Gasteiger partial charge in [0.25, 0.3) is 0 Å². The fraction of sp³-hybridized carbons (Fsp3) is 0.400. The number of hydrogen-bond acceptors (Lipinski definition) is 3. The van der Waals surface area contributed by atoms with Crippen molar-refractivity contribution in [2.24, 2.45) is 0 Å². The summed E-state index contributed by atoms with van der Waals surface area (Å²) < 4.78 is 68.8. The number of aliphatic hydroxyl groups is 1. The summed E-state index contributed by atoms with van der Waals surface area (Å²) in [5.41, 5.74) is 0. The Morgan fingerprint density at radius 2 is 1.44 bits per heavy atom. The molecule has 0 aliphatic heterocycles. The molecule has 0 spiro atoms. The van der Waals surface area contributed by atoms with E-state index in [1.807, 2.05) is 0 Å². The molecule has 3 nitrogen and oxygen atoms in total. The number of nitrogens with one attached hydrogen (secondary N) is 1. The van der Waals surface area contributed by atoms with E-state index in [4.69, 9.17) is 0 Å². The maximum atomic E-state index is 13.1. The van der Waals surface area contributed by atoms with Crippen LogP contribution in [-0.4, -0.2) is 31.4 Å². The highest BCUT2D eigenvalue weighted by molar-refractivity contribution is 5.29. The molecular weight excluding hydrogens is 261 g/mol. The number of rotatable bonds is 5. The fourth-order valence-corrected chi connectivity index (χ4v) is 1.19. The summed E-state index contributed by atoms with van der Waals surface area (Å²) in [6.07, 6.45) is -1.15. The zero-order valence-corrected chi connectivity index (χ0v) is 9.24. The van der Waals surface area contributed by atoms with Crippen molar-refractivity contribution in [1.82, 2.24) is 5.32 Å². The Morgan fingerprint density at radius 1 is 1.00 bits per heavy atom. The van der Waals surface area contributed by atoms with Crippen LogP contribution in [0.15, 0.2) is 0 Å². The first-order valence-electron chi connectivity index (χ1n) is 4.87. The maximum absolute atomic E-state index is 13.1. The summed E-state index contributed by atoms with van der Waals surface area (Å²) >= 11 is 0. The van der Waals surface area contributed by atoms with Gasteiger partial charge in [0.2, 0.25) is 29.1 Å². The second-order valence-corrected chi connectivity index (χ2v) is 3.42. The molecule has 102 valence electrons. The molecule has 1 rings (SSSR count). The second kappa shape index (κ2) is 5.96. The molecule has 1 aromatic carbocycles. The van der Waals surface area contributed by atoms with Gasteiger partial charge in [0, 0.05) is 6.54 Å². The molecule has 0 aromatic heterocycles. The monoisotopic (exact) mass is 271 g/mol. The van der Waals surface area contributed by atoms with E-state index < -0.39 is 47.5 Å². The first kappa shape index (κ1) is 14.7. The SMILES string of the molecule is CNCC(O)COc1c(F)c(F)c(F)c(F)c1F. The standard InChI is InChI=1S/C10H10F5NO2/c1-16-2-4(17)3-18-10-8(14)6(12)5(11)7(13)9(10)15/h4,16-17H,2-3H2,1H3. The van der Waals surface area contributed by atoms with Gasteiger partial charge in [-0.15, -0.1) is 0 Å². The predicted octanol–water partition coefficient (Wildman–Crippen LogP) is 1.34. The highest BCUT2D eigenvalue weighted by atomic mass is 19.2. The van der Waals surface area contributed by atoms with Gasteiger partial charge < -0.3 is 15.2 Å². The lowest BCUT2D eigenvalue weighted by atomic mass is 10.2. The van der Waals surface area contributed by atoms with Gasteiger partial charge >= 0.3 is 0 Å². The van der Waals surface area contributed by atoms with E-state index in [1.165, 1.54) is 7.05 Å². The molecule has 0 fully saturated rings. The van der Waals surface area contributed by atoms with Gasteiger partial charge in [0.05, 0.1) is 0 Å². The molecule has 0 saturated heterocycles. The van der Waals surface area contributed by atoms with E-state index in [0.717, 1.165) is 0 Å². The van der Waals surface area contributed by atoms with Gasteiger partial charge in [0.1, 0.15) is 12.7 Å². The number of halogens is 5. The summed E-state index contributed by atoms with van der Waals surface area (Å²) in [6, 6.07) is 0. The van der Waals surface area contributed by atoms with Crippen LogP contribution in [0.3, 0.4) is 0 Å². The lowest BCUT2D eigenvalue weighted by Gasteiger charge is -2.13. The van der Waals surface area contributed by atoms with E-state index in [2.05, 4.69) is 10.1 Å². The van der Waals surface area contributed by atoms with Crippen molar-refractivity contribution in [2.45, 2.75) is 6.10 Å². The molecule has 8 heteroatoms. The van der Waals surface area contributed by atoms with Crippen molar-refractivity contribution < 1.29 is 31.8 Å². The molecule has 1 unspecified atom stereocenters. The van der Waals surface area contributed by atoms with Crippen molar-refractivity contribution in [3.63, 3.8) is 0 Å². The topological polar surface area (TPSA) is 41.5 Å². The average Bonchev–Trinajstić information content (AvgIpc) is 2.34. The number of hydrogen-bond donors (Lipinski definition) is 2. The molecule has 0 heterocycles. The molecule has 2 N–H and O–H groups in total. The molecule has 0 aliphatic carbocycles. The average molecular weight is 271 g/mol. The van der Waals surface area contributed by atoms with Crippen LogP contribution in [0.2, 0.25) is 0 Å². The molecule has 18 heavy (non-hydrogen) atoms. The van der Waals surface area contributed by atoms with Crippen LogP contribution in [-0.2, 0) is 0 Å². The Labute approximate surface area is 99.2 Å². The largest absolute Gasteiger partial charge is 0.485 e. The molecule has 0 amide bonds. The third kappa shape index (κ3) is 2.88. The van der Waals surface area contributed by atoms with Crippen molar-refractivity contribution in [3.8, 4) is 5.75 Å². The minimum Gasteiger partial charge on any atom is -0.485 e. The highest BCUT2D eigenvalue weighted by Gasteiger charge is 2.27.